The van der Waals surface area contributed by atoms with Crippen molar-refractivity contribution in [3.8, 4) is 0 Å². The molecule has 22 heavy (non-hydrogen) atoms. The van der Waals surface area contributed by atoms with Crippen molar-refractivity contribution >= 4 is 16.7 Å². The molecule has 4 heteroatoms. The van der Waals surface area contributed by atoms with Gasteiger partial charge in [-0.15, -0.1) is 0 Å². The number of carboxylic acids is 1. The zero-order valence-corrected chi connectivity index (χ0v) is 12.7. The normalized spacial score (nSPS) is 21.8. The number of benzene rings is 2. The van der Waals surface area contributed by atoms with Gasteiger partial charge in [0.15, 0.2) is 5.60 Å². The van der Waals surface area contributed by atoms with E-state index in [9.17, 15) is 9.90 Å². The average Bonchev–Trinajstić information content (AvgIpc) is 2.93. The van der Waals surface area contributed by atoms with Crippen molar-refractivity contribution < 1.29 is 15.0 Å². The van der Waals surface area contributed by atoms with Gasteiger partial charge in [0.1, 0.15) is 0 Å². The van der Waals surface area contributed by atoms with E-state index >= 15 is 0 Å². The van der Waals surface area contributed by atoms with Crippen LogP contribution in [0.15, 0.2) is 42.5 Å². The lowest BCUT2D eigenvalue weighted by Gasteiger charge is -2.31. The Morgan fingerprint density at radius 1 is 1.27 bits per heavy atom. The van der Waals surface area contributed by atoms with E-state index in [1.807, 2.05) is 18.2 Å². The minimum atomic E-state index is -1.72. The fraction of sp³-hybridized carbons (Fsp3) is 0.389. The SMILES string of the molecule is CC(O)(CN1CCCC1c1cccc2ccccc12)C(=O)O. The van der Waals surface area contributed by atoms with E-state index in [-0.39, 0.29) is 12.6 Å². The molecule has 1 aliphatic heterocycles. The van der Waals surface area contributed by atoms with Crippen LogP contribution in [-0.4, -0.2) is 39.8 Å². The van der Waals surface area contributed by atoms with Gasteiger partial charge in [-0.1, -0.05) is 42.5 Å². The van der Waals surface area contributed by atoms with Crippen LogP contribution < -0.4 is 0 Å². The molecule has 0 radical (unpaired) electrons. The van der Waals surface area contributed by atoms with Gasteiger partial charge in [0.05, 0.1) is 0 Å². The van der Waals surface area contributed by atoms with E-state index in [0.29, 0.717) is 0 Å². The van der Waals surface area contributed by atoms with Gasteiger partial charge in [-0.3, -0.25) is 4.90 Å². The highest BCUT2D eigenvalue weighted by atomic mass is 16.4. The van der Waals surface area contributed by atoms with Gasteiger partial charge in [0.2, 0.25) is 0 Å². The third-order valence-electron chi connectivity index (χ3n) is 4.52. The van der Waals surface area contributed by atoms with E-state index in [1.165, 1.54) is 23.3 Å². The zero-order chi connectivity index (χ0) is 15.7. The summed E-state index contributed by atoms with van der Waals surface area (Å²) in [5.41, 5.74) is -0.496. The zero-order valence-electron chi connectivity index (χ0n) is 12.7. The van der Waals surface area contributed by atoms with Gasteiger partial charge in [0.25, 0.3) is 0 Å². The number of hydrogen-bond donors (Lipinski definition) is 2. The molecular formula is C18H21NO3. The van der Waals surface area contributed by atoms with E-state index in [2.05, 4.69) is 29.2 Å². The Balaban J connectivity index is 1.94. The Kier molecular flexibility index (Phi) is 3.89. The van der Waals surface area contributed by atoms with Crippen molar-refractivity contribution in [1.29, 1.82) is 0 Å². The maximum atomic E-state index is 11.2. The Morgan fingerprint density at radius 3 is 2.77 bits per heavy atom. The fourth-order valence-electron chi connectivity index (χ4n) is 3.37. The van der Waals surface area contributed by atoms with E-state index in [4.69, 9.17) is 5.11 Å². The summed E-state index contributed by atoms with van der Waals surface area (Å²) in [6.07, 6.45) is 2.01. The van der Waals surface area contributed by atoms with Gasteiger partial charge in [-0.2, -0.15) is 0 Å². The first-order valence-corrected chi connectivity index (χ1v) is 7.66. The van der Waals surface area contributed by atoms with Crippen LogP contribution in [0.1, 0.15) is 31.4 Å². The summed E-state index contributed by atoms with van der Waals surface area (Å²) >= 11 is 0. The lowest BCUT2D eigenvalue weighted by Crippen LogP contribution is -2.46. The van der Waals surface area contributed by atoms with Gasteiger partial charge >= 0.3 is 5.97 Å². The predicted octanol–water partition coefficient (Wildman–Crippen LogP) is 2.81. The number of likely N-dealkylation sites (tertiary alicyclic amines) is 1. The van der Waals surface area contributed by atoms with Crippen molar-refractivity contribution in [2.75, 3.05) is 13.1 Å². The first-order valence-electron chi connectivity index (χ1n) is 7.66. The number of fused-ring (bicyclic) bond motifs is 1. The largest absolute Gasteiger partial charge is 0.479 e. The van der Waals surface area contributed by atoms with Gasteiger partial charge < -0.3 is 10.2 Å². The van der Waals surface area contributed by atoms with Crippen molar-refractivity contribution in [2.24, 2.45) is 0 Å². The molecular weight excluding hydrogens is 278 g/mol. The van der Waals surface area contributed by atoms with Crippen LogP contribution in [-0.2, 0) is 4.79 Å². The first kappa shape index (κ1) is 15.0. The van der Waals surface area contributed by atoms with Crippen LogP contribution in [0.25, 0.3) is 10.8 Å². The number of carbonyl (C=O) groups is 1. The smallest absolute Gasteiger partial charge is 0.336 e. The molecule has 1 saturated heterocycles. The number of rotatable bonds is 4. The molecule has 1 heterocycles. The highest BCUT2D eigenvalue weighted by Gasteiger charge is 2.37. The first-order chi connectivity index (χ1) is 10.5. The number of aliphatic carboxylic acids is 1. The molecule has 0 bridgehead atoms. The van der Waals surface area contributed by atoms with E-state index < -0.39 is 11.6 Å². The standard InChI is InChI=1S/C18H21NO3/c1-18(22,17(20)21)12-19-11-5-10-16(19)15-9-4-7-13-6-2-3-8-14(13)15/h2-4,6-9,16,22H,5,10-12H2,1H3,(H,20,21). The van der Waals surface area contributed by atoms with Crippen LogP contribution in [0.2, 0.25) is 0 Å². The molecule has 2 unspecified atom stereocenters. The third-order valence-corrected chi connectivity index (χ3v) is 4.52. The predicted molar refractivity (Wildman–Crippen MR) is 85.8 cm³/mol. The highest BCUT2D eigenvalue weighted by Crippen LogP contribution is 2.36. The molecule has 0 aromatic heterocycles. The minimum Gasteiger partial charge on any atom is -0.479 e. The third kappa shape index (κ3) is 2.72. The second-order valence-electron chi connectivity index (χ2n) is 6.28. The molecule has 0 saturated carbocycles. The summed E-state index contributed by atoms with van der Waals surface area (Å²) in [4.78, 5) is 13.3. The Hall–Kier alpha value is -1.91. The minimum absolute atomic E-state index is 0.149. The summed E-state index contributed by atoms with van der Waals surface area (Å²) in [7, 11) is 0. The molecule has 4 nitrogen and oxygen atoms in total. The summed E-state index contributed by atoms with van der Waals surface area (Å²) < 4.78 is 0. The van der Waals surface area contributed by atoms with Crippen molar-refractivity contribution in [3.63, 3.8) is 0 Å². The van der Waals surface area contributed by atoms with Crippen molar-refractivity contribution in [2.45, 2.75) is 31.4 Å². The van der Waals surface area contributed by atoms with E-state index in [1.54, 1.807) is 0 Å². The fourth-order valence-corrected chi connectivity index (χ4v) is 3.37. The van der Waals surface area contributed by atoms with Crippen LogP contribution in [0, 0.1) is 0 Å². The topological polar surface area (TPSA) is 60.8 Å². The highest BCUT2D eigenvalue weighted by molar-refractivity contribution is 5.86. The monoisotopic (exact) mass is 299 g/mol. The van der Waals surface area contributed by atoms with Gasteiger partial charge in [-0.25, -0.2) is 4.79 Å². The molecule has 116 valence electrons. The molecule has 0 aliphatic carbocycles. The molecule has 0 spiro atoms. The Bertz CT molecular complexity index is 690. The Labute approximate surface area is 130 Å². The molecule has 1 fully saturated rings. The number of carboxylic acid groups (broad SMARTS) is 1. The summed E-state index contributed by atoms with van der Waals surface area (Å²) in [5, 5.41) is 21.6. The molecule has 0 amide bonds. The second-order valence-corrected chi connectivity index (χ2v) is 6.28. The van der Waals surface area contributed by atoms with E-state index in [0.717, 1.165) is 19.4 Å². The Morgan fingerprint density at radius 2 is 2.00 bits per heavy atom. The molecule has 1 aliphatic rings. The van der Waals surface area contributed by atoms with Crippen LogP contribution >= 0.6 is 0 Å². The lowest BCUT2D eigenvalue weighted by molar-refractivity contribution is -0.158. The van der Waals surface area contributed by atoms with Crippen molar-refractivity contribution in [1.82, 2.24) is 4.90 Å². The van der Waals surface area contributed by atoms with Crippen LogP contribution in [0.4, 0.5) is 0 Å². The maximum Gasteiger partial charge on any atom is 0.336 e. The summed E-state index contributed by atoms with van der Waals surface area (Å²) in [6.45, 7) is 2.33. The summed E-state index contributed by atoms with van der Waals surface area (Å²) in [6, 6.07) is 14.7. The molecule has 2 N–H and O–H groups in total. The number of aliphatic hydroxyl groups is 1. The molecule has 2 aromatic carbocycles. The second kappa shape index (κ2) is 5.71. The number of β-amino-alcohol motifs (C(OH)–C–C–N with tert-alkyl or cyclic N) is 1. The summed E-state index contributed by atoms with van der Waals surface area (Å²) in [5.74, 6) is -1.17. The number of hydrogen-bond acceptors (Lipinski definition) is 3. The number of nitrogens with zero attached hydrogens (tertiary/aromatic N) is 1. The van der Waals surface area contributed by atoms with Gasteiger partial charge in [0, 0.05) is 12.6 Å². The molecule has 2 atom stereocenters. The quantitative estimate of drug-likeness (QED) is 0.911. The lowest BCUT2D eigenvalue weighted by atomic mass is 9.96. The maximum absolute atomic E-state index is 11.2. The van der Waals surface area contributed by atoms with Crippen LogP contribution in [0.5, 0.6) is 0 Å². The average molecular weight is 299 g/mol. The van der Waals surface area contributed by atoms with Gasteiger partial charge in [-0.05, 0) is 42.6 Å². The molecule has 3 rings (SSSR count). The van der Waals surface area contributed by atoms with Crippen LogP contribution in [0.3, 0.4) is 0 Å². The molecule has 2 aromatic rings. The van der Waals surface area contributed by atoms with Crippen molar-refractivity contribution in [3.05, 3.63) is 48.0 Å².